The highest BCUT2D eigenvalue weighted by molar-refractivity contribution is 7.99. The lowest BCUT2D eigenvalue weighted by atomic mass is 9.82. The van der Waals surface area contributed by atoms with Crippen LogP contribution in [0.4, 0.5) is 5.82 Å². The number of hydrogen-bond acceptors (Lipinski definition) is 5. The van der Waals surface area contributed by atoms with Crippen LogP contribution in [0.2, 0.25) is 0 Å². The number of aromatic nitrogens is 1. The number of piperidine rings is 1. The number of hydrogen-bond donors (Lipinski definition) is 2. The molecule has 4 aliphatic rings. The molecule has 3 aliphatic carbocycles. The van der Waals surface area contributed by atoms with E-state index in [-0.39, 0.29) is 5.92 Å². The van der Waals surface area contributed by atoms with Crippen LogP contribution in [0.25, 0.3) is 5.70 Å². The molecule has 1 unspecified atom stereocenters. The summed E-state index contributed by atoms with van der Waals surface area (Å²) in [4.78, 5) is 19.4. The van der Waals surface area contributed by atoms with E-state index in [0.717, 1.165) is 60.9 Å². The molecule has 0 aromatic carbocycles. The van der Waals surface area contributed by atoms with E-state index in [1.165, 1.54) is 57.8 Å². The van der Waals surface area contributed by atoms with E-state index in [1.54, 1.807) is 0 Å². The lowest BCUT2D eigenvalue weighted by Crippen LogP contribution is -2.42. The fourth-order valence-corrected chi connectivity index (χ4v) is 7.58. The molecule has 2 N–H and O–H groups in total. The molecule has 1 saturated heterocycles. The molecule has 3 saturated carbocycles. The van der Waals surface area contributed by atoms with Crippen molar-refractivity contribution in [1.82, 2.24) is 10.3 Å². The number of carbonyl (C=O) groups is 1. The molecule has 1 atom stereocenters. The number of thioether (sulfide) groups is 1. The van der Waals surface area contributed by atoms with Crippen molar-refractivity contribution in [2.45, 2.75) is 99.8 Å². The number of aliphatic carboxylic acids is 1. The van der Waals surface area contributed by atoms with Gasteiger partial charge in [0.2, 0.25) is 0 Å². The van der Waals surface area contributed by atoms with Crippen LogP contribution in [-0.2, 0) is 4.79 Å². The average Bonchev–Trinajstić information content (AvgIpc) is 3.50. The maximum atomic E-state index is 11.9. The van der Waals surface area contributed by atoms with E-state index < -0.39 is 11.4 Å². The summed E-state index contributed by atoms with van der Waals surface area (Å²) in [5, 5.41) is 15.3. The molecule has 1 aromatic heterocycles. The van der Waals surface area contributed by atoms with Gasteiger partial charge in [-0.1, -0.05) is 38.7 Å². The molecule has 2 heterocycles. The minimum Gasteiger partial charge on any atom is -0.481 e. The Morgan fingerprint density at radius 2 is 1.79 bits per heavy atom. The van der Waals surface area contributed by atoms with E-state index >= 15 is 0 Å². The first-order valence-corrected chi connectivity index (χ1v) is 14.0. The zero-order chi connectivity index (χ0) is 22.8. The van der Waals surface area contributed by atoms with Gasteiger partial charge in [-0.15, -0.1) is 11.8 Å². The minimum atomic E-state index is -0.597. The Balaban J connectivity index is 1.35. The van der Waals surface area contributed by atoms with Gasteiger partial charge in [0.25, 0.3) is 0 Å². The molecule has 180 valence electrons. The van der Waals surface area contributed by atoms with Gasteiger partial charge >= 0.3 is 5.97 Å². The highest BCUT2D eigenvalue weighted by Gasteiger charge is 2.56. The third kappa shape index (κ3) is 5.06. The van der Waals surface area contributed by atoms with Gasteiger partial charge < -0.3 is 15.3 Å². The van der Waals surface area contributed by atoms with Crippen molar-refractivity contribution >= 4 is 29.2 Å². The monoisotopic (exact) mass is 469 g/mol. The number of carboxylic acid groups (broad SMARTS) is 1. The van der Waals surface area contributed by atoms with Crippen LogP contribution in [0.3, 0.4) is 0 Å². The highest BCUT2D eigenvalue weighted by Crippen LogP contribution is 2.55. The summed E-state index contributed by atoms with van der Waals surface area (Å²) in [6, 6.07) is 4.89. The lowest BCUT2D eigenvalue weighted by Gasteiger charge is -2.37. The van der Waals surface area contributed by atoms with Gasteiger partial charge in [0, 0.05) is 35.6 Å². The van der Waals surface area contributed by atoms with Crippen LogP contribution in [0.1, 0.15) is 89.0 Å². The van der Waals surface area contributed by atoms with Crippen molar-refractivity contribution in [2.24, 2.45) is 11.3 Å². The zero-order valence-electron chi connectivity index (χ0n) is 19.9. The molecule has 0 amide bonds. The first kappa shape index (κ1) is 23.1. The number of rotatable bonds is 8. The molecule has 6 heteroatoms. The summed E-state index contributed by atoms with van der Waals surface area (Å²) in [5.74, 6) is 0.648. The molecule has 1 aliphatic heterocycles. The summed E-state index contributed by atoms with van der Waals surface area (Å²) in [7, 11) is 0. The molecular formula is C27H39N3O2S. The van der Waals surface area contributed by atoms with Gasteiger partial charge in [0.1, 0.15) is 10.8 Å². The molecule has 5 rings (SSSR count). The Kier molecular flexibility index (Phi) is 6.91. The number of nitrogens with one attached hydrogen (secondary N) is 1. The largest absolute Gasteiger partial charge is 0.481 e. The predicted molar refractivity (Wildman–Crippen MR) is 136 cm³/mol. The number of anilines is 1. The van der Waals surface area contributed by atoms with E-state index in [0.29, 0.717) is 11.3 Å². The fraction of sp³-hybridized carbons (Fsp3) is 0.704. The Hall–Kier alpha value is -1.69. The van der Waals surface area contributed by atoms with Gasteiger partial charge in [0.05, 0.1) is 5.41 Å². The summed E-state index contributed by atoms with van der Waals surface area (Å²) in [6.07, 6.45) is 15.3. The third-order valence-electron chi connectivity index (χ3n) is 8.48. The van der Waals surface area contributed by atoms with E-state index in [1.807, 2.05) is 11.8 Å². The number of carboxylic acids is 1. The molecule has 33 heavy (non-hydrogen) atoms. The first-order chi connectivity index (χ1) is 16.0. The van der Waals surface area contributed by atoms with Gasteiger partial charge in [-0.25, -0.2) is 4.98 Å². The summed E-state index contributed by atoms with van der Waals surface area (Å²) < 4.78 is 0. The summed E-state index contributed by atoms with van der Waals surface area (Å²) >= 11 is 1.94. The maximum absolute atomic E-state index is 11.9. The Morgan fingerprint density at radius 3 is 2.48 bits per heavy atom. The van der Waals surface area contributed by atoms with Crippen LogP contribution in [0.15, 0.2) is 23.7 Å². The van der Waals surface area contributed by atoms with Crippen LogP contribution in [0.5, 0.6) is 0 Å². The Bertz CT molecular complexity index is 872. The molecule has 0 spiro atoms. The molecule has 4 fully saturated rings. The molecule has 0 bridgehead atoms. The fourth-order valence-electron chi connectivity index (χ4n) is 6.23. The van der Waals surface area contributed by atoms with Crippen LogP contribution < -0.4 is 10.2 Å². The smallest absolute Gasteiger partial charge is 0.309 e. The molecule has 0 radical (unpaired) electrons. The third-order valence-corrected chi connectivity index (χ3v) is 9.82. The average molecular weight is 470 g/mol. The maximum Gasteiger partial charge on any atom is 0.309 e. The van der Waals surface area contributed by atoms with Crippen LogP contribution >= 0.6 is 11.8 Å². The second-order valence-corrected chi connectivity index (χ2v) is 12.0. The van der Waals surface area contributed by atoms with Crippen LogP contribution in [-0.4, -0.2) is 40.4 Å². The summed E-state index contributed by atoms with van der Waals surface area (Å²) in [6.45, 7) is 6.20. The second kappa shape index (κ2) is 9.89. The van der Waals surface area contributed by atoms with Crippen molar-refractivity contribution in [2.75, 3.05) is 18.0 Å². The van der Waals surface area contributed by atoms with Crippen molar-refractivity contribution in [1.29, 1.82) is 0 Å². The number of pyridine rings is 1. The van der Waals surface area contributed by atoms with Gasteiger partial charge in [-0.2, -0.15) is 0 Å². The zero-order valence-corrected chi connectivity index (χ0v) is 20.7. The second-order valence-electron chi connectivity index (χ2n) is 10.8. The van der Waals surface area contributed by atoms with Gasteiger partial charge in [0.15, 0.2) is 0 Å². The summed E-state index contributed by atoms with van der Waals surface area (Å²) in [5.41, 5.74) is 1.69. The first-order valence-electron chi connectivity index (χ1n) is 13.2. The van der Waals surface area contributed by atoms with Gasteiger partial charge in [-0.05, 0) is 69.4 Å². The Morgan fingerprint density at radius 1 is 1.06 bits per heavy atom. The topological polar surface area (TPSA) is 65.5 Å². The molecule has 5 nitrogen and oxygen atoms in total. The van der Waals surface area contributed by atoms with Crippen LogP contribution in [0, 0.1) is 11.3 Å². The number of nitrogens with zero attached hydrogens (tertiary/aromatic N) is 2. The highest BCUT2D eigenvalue weighted by atomic mass is 32.2. The Labute approximate surface area is 202 Å². The van der Waals surface area contributed by atoms with Crippen molar-refractivity contribution in [3.63, 3.8) is 0 Å². The van der Waals surface area contributed by atoms with Crippen molar-refractivity contribution in [3.05, 3.63) is 24.3 Å². The normalized spacial score (nSPS) is 25.7. The predicted octanol–water partition coefficient (Wildman–Crippen LogP) is 6.09. The van der Waals surface area contributed by atoms with Crippen molar-refractivity contribution < 1.29 is 9.90 Å². The van der Waals surface area contributed by atoms with Gasteiger partial charge in [-0.3, -0.25) is 4.79 Å². The van der Waals surface area contributed by atoms with E-state index in [9.17, 15) is 9.90 Å². The van der Waals surface area contributed by atoms with Crippen molar-refractivity contribution in [3.8, 4) is 0 Å². The molecular weight excluding hydrogens is 430 g/mol. The molecule has 1 aromatic rings. The SMILES string of the molecule is C=C(NC1CCCCC1)c1ccc(N2CCCC(C3(C(=O)O)CC3)C2)nc1SC1CCCC1. The quantitative estimate of drug-likeness (QED) is 0.480. The van der Waals surface area contributed by atoms with E-state index in [2.05, 4.69) is 28.9 Å². The standard InChI is InChI=1S/C27H39N3O2S/c1-19(28-21-9-3-2-4-10-21)23-13-14-24(29-25(23)33-22-11-5-6-12-22)30-17-7-8-20(18-30)27(15-16-27)26(31)32/h13-14,20-22,28H,1-12,15-18H2,(H,31,32). The minimum absolute atomic E-state index is 0.235. The van der Waals surface area contributed by atoms with E-state index in [4.69, 9.17) is 4.98 Å². The lowest BCUT2D eigenvalue weighted by molar-refractivity contribution is -0.145.